The fourth-order valence-electron chi connectivity index (χ4n) is 8.69. The number of fused-ring (bicyclic) bond motifs is 9. The highest BCUT2D eigenvalue weighted by Gasteiger charge is 2.23. The van der Waals surface area contributed by atoms with Crippen molar-refractivity contribution in [1.29, 1.82) is 0 Å². The molecule has 6 heteroatoms. The van der Waals surface area contributed by atoms with Crippen molar-refractivity contribution in [3.63, 3.8) is 0 Å². The van der Waals surface area contributed by atoms with Gasteiger partial charge in [-0.1, -0.05) is 133 Å². The third-order valence-electron chi connectivity index (χ3n) is 11.3. The molecule has 1 unspecified atom stereocenters. The van der Waals surface area contributed by atoms with Crippen molar-refractivity contribution in [3.8, 4) is 45.3 Å². The van der Waals surface area contributed by atoms with E-state index in [2.05, 4.69) is 133 Å². The maximum absolute atomic E-state index is 6.65. The minimum absolute atomic E-state index is 0.352. The average molecular weight is 750 g/mol. The topological polar surface area (TPSA) is 65.0 Å². The molecule has 5 nitrogen and oxygen atoms in total. The summed E-state index contributed by atoms with van der Waals surface area (Å²) in [5, 5.41) is 6.48. The summed E-state index contributed by atoms with van der Waals surface area (Å²) >= 11 is 1.79. The molecular formula is C51H31N3O2S. The normalized spacial score (nSPS) is 14.3. The van der Waals surface area contributed by atoms with Crippen molar-refractivity contribution in [1.82, 2.24) is 15.0 Å². The van der Waals surface area contributed by atoms with E-state index in [0.29, 0.717) is 23.4 Å². The van der Waals surface area contributed by atoms with Crippen LogP contribution in [0, 0.1) is 0 Å². The van der Waals surface area contributed by atoms with Crippen LogP contribution in [0.2, 0.25) is 0 Å². The Bertz CT molecular complexity index is 3460. The Hall–Kier alpha value is -7.15. The first-order valence-corrected chi connectivity index (χ1v) is 20.0. The average Bonchev–Trinajstić information content (AvgIpc) is 3.98. The van der Waals surface area contributed by atoms with Gasteiger partial charge in [-0.05, 0) is 59.5 Å². The van der Waals surface area contributed by atoms with Gasteiger partial charge in [0.05, 0.1) is 0 Å². The number of thiophene rings is 1. The van der Waals surface area contributed by atoms with E-state index < -0.39 is 0 Å². The van der Waals surface area contributed by atoms with Gasteiger partial charge in [-0.25, -0.2) is 15.0 Å². The van der Waals surface area contributed by atoms with E-state index >= 15 is 0 Å². The van der Waals surface area contributed by atoms with Gasteiger partial charge >= 0.3 is 0 Å². The van der Waals surface area contributed by atoms with Crippen LogP contribution in [0.15, 0.2) is 179 Å². The van der Waals surface area contributed by atoms with Crippen LogP contribution in [0.5, 0.6) is 0 Å². The summed E-state index contributed by atoms with van der Waals surface area (Å²) in [6.07, 6.45) is 9.72. The maximum atomic E-state index is 6.65. The molecule has 268 valence electrons. The lowest BCUT2D eigenvalue weighted by Gasteiger charge is -2.14. The molecule has 0 radical (unpaired) electrons. The Morgan fingerprint density at radius 2 is 1.00 bits per heavy atom. The minimum Gasteiger partial charge on any atom is -0.456 e. The number of hydrogen-bond acceptors (Lipinski definition) is 6. The summed E-state index contributed by atoms with van der Waals surface area (Å²) < 4.78 is 15.4. The molecule has 0 amide bonds. The SMILES string of the molecule is C1=CCC(c2ccc(-c3nc(-c4cccc5sc6ccccc6c45)nc(-c4cccc5oc6cccc(-c7cccc8oc9ccccc9c78)c6c45)n3)cc2)C=C1. The number of furan rings is 2. The summed E-state index contributed by atoms with van der Waals surface area (Å²) in [7, 11) is 0. The Labute approximate surface area is 330 Å². The van der Waals surface area contributed by atoms with Crippen molar-refractivity contribution in [2.45, 2.75) is 12.3 Å². The molecule has 4 aromatic heterocycles. The molecule has 1 aliphatic carbocycles. The van der Waals surface area contributed by atoms with E-state index in [1.54, 1.807) is 11.3 Å². The number of benzene rings is 7. The second-order valence-electron chi connectivity index (χ2n) is 14.6. The number of aromatic nitrogens is 3. The van der Waals surface area contributed by atoms with Crippen molar-refractivity contribution in [3.05, 3.63) is 175 Å². The van der Waals surface area contributed by atoms with E-state index in [9.17, 15) is 0 Å². The number of allylic oxidation sites excluding steroid dienone is 4. The number of rotatable bonds is 5. The summed E-state index contributed by atoms with van der Waals surface area (Å²) in [4.78, 5) is 15.9. The van der Waals surface area contributed by atoms with Gasteiger partial charge in [0.2, 0.25) is 0 Å². The zero-order valence-electron chi connectivity index (χ0n) is 30.5. The highest BCUT2D eigenvalue weighted by atomic mass is 32.1. The summed E-state index contributed by atoms with van der Waals surface area (Å²) in [5.41, 5.74) is 9.49. The minimum atomic E-state index is 0.352. The third kappa shape index (κ3) is 5.11. The summed E-state index contributed by atoms with van der Waals surface area (Å²) in [5.74, 6) is 2.20. The molecule has 1 atom stereocenters. The van der Waals surface area contributed by atoms with Crippen molar-refractivity contribution < 1.29 is 8.83 Å². The van der Waals surface area contributed by atoms with E-state index in [-0.39, 0.29) is 0 Å². The third-order valence-corrected chi connectivity index (χ3v) is 12.4. The standard InChI is InChI=1S/C51H31N3O2S/c1-2-12-30(13-3-1)31-26-28-32(29-27-31)49-52-50(37-19-11-25-44-46(37)36-15-5-7-24-43(36)57-44)54-51(53-49)38-18-10-23-42-48(38)47-34(17-9-22-41(47)56-42)33-16-8-21-40-45(33)35-14-4-6-20-39(35)55-40/h1-12,14-30H,13H2. The van der Waals surface area contributed by atoms with Crippen LogP contribution in [-0.4, -0.2) is 15.0 Å². The summed E-state index contributed by atoms with van der Waals surface area (Å²) in [6, 6.07) is 50.7. The molecule has 0 aliphatic heterocycles. The van der Waals surface area contributed by atoms with Gasteiger partial charge < -0.3 is 8.83 Å². The molecule has 0 N–H and O–H groups in total. The zero-order chi connectivity index (χ0) is 37.5. The Morgan fingerprint density at radius 1 is 0.439 bits per heavy atom. The second-order valence-corrected chi connectivity index (χ2v) is 15.7. The van der Waals surface area contributed by atoms with Crippen LogP contribution in [0.3, 0.4) is 0 Å². The van der Waals surface area contributed by atoms with Crippen molar-refractivity contribution in [2.24, 2.45) is 0 Å². The lowest BCUT2D eigenvalue weighted by Crippen LogP contribution is -2.01. The lowest BCUT2D eigenvalue weighted by molar-refractivity contribution is 0.668. The fraction of sp³-hybridized carbons (Fsp3) is 0.0392. The quantitative estimate of drug-likeness (QED) is 0.175. The van der Waals surface area contributed by atoms with E-state index in [4.69, 9.17) is 23.8 Å². The molecule has 12 rings (SSSR count). The van der Waals surface area contributed by atoms with Crippen LogP contribution < -0.4 is 0 Å². The van der Waals surface area contributed by atoms with Crippen LogP contribution in [0.4, 0.5) is 0 Å². The first kappa shape index (κ1) is 32.1. The van der Waals surface area contributed by atoms with Crippen molar-refractivity contribution >= 4 is 75.4 Å². The molecule has 11 aromatic rings. The van der Waals surface area contributed by atoms with Gasteiger partial charge in [0.15, 0.2) is 17.5 Å². The van der Waals surface area contributed by atoms with E-state index in [1.807, 2.05) is 36.4 Å². The van der Waals surface area contributed by atoms with Gasteiger partial charge in [0, 0.05) is 64.3 Å². The Kier molecular flexibility index (Phi) is 7.16. The second kappa shape index (κ2) is 12.7. The van der Waals surface area contributed by atoms with E-state index in [1.165, 1.54) is 20.3 Å². The van der Waals surface area contributed by atoms with Crippen LogP contribution in [0.25, 0.3) is 109 Å². The zero-order valence-corrected chi connectivity index (χ0v) is 31.3. The van der Waals surface area contributed by atoms with Gasteiger partial charge in [0.25, 0.3) is 0 Å². The monoisotopic (exact) mass is 749 g/mol. The summed E-state index contributed by atoms with van der Waals surface area (Å²) in [6.45, 7) is 0. The molecule has 0 saturated heterocycles. The number of hydrogen-bond donors (Lipinski definition) is 0. The smallest absolute Gasteiger partial charge is 0.164 e. The predicted octanol–water partition coefficient (Wildman–Crippen LogP) is 14.3. The van der Waals surface area contributed by atoms with Gasteiger partial charge in [-0.3, -0.25) is 0 Å². The van der Waals surface area contributed by atoms with Gasteiger partial charge in [0.1, 0.15) is 22.3 Å². The van der Waals surface area contributed by atoms with Crippen LogP contribution in [-0.2, 0) is 0 Å². The maximum Gasteiger partial charge on any atom is 0.164 e. The molecule has 1 aliphatic rings. The van der Waals surface area contributed by atoms with Crippen LogP contribution >= 0.6 is 11.3 Å². The van der Waals surface area contributed by atoms with Gasteiger partial charge in [-0.2, -0.15) is 0 Å². The Balaban J connectivity index is 1.12. The highest BCUT2D eigenvalue weighted by Crippen LogP contribution is 2.45. The molecule has 7 aromatic carbocycles. The molecule has 0 bridgehead atoms. The molecule has 0 spiro atoms. The number of para-hydroxylation sites is 1. The molecule has 0 fully saturated rings. The van der Waals surface area contributed by atoms with E-state index in [0.717, 1.165) is 83.5 Å². The molecular weight excluding hydrogens is 719 g/mol. The highest BCUT2D eigenvalue weighted by molar-refractivity contribution is 7.25. The van der Waals surface area contributed by atoms with Crippen molar-refractivity contribution in [2.75, 3.05) is 0 Å². The first-order chi connectivity index (χ1) is 28.2. The molecule has 4 heterocycles. The fourth-order valence-corrected chi connectivity index (χ4v) is 9.82. The number of nitrogens with zero attached hydrogens (tertiary/aromatic N) is 3. The van der Waals surface area contributed by atoms with Crippen LogP contribution in [0.1, 0.15) is 17.9 Å². The largest absolute Gasteiger partial charge is 0.456 e. The lowest BCUT2D eigenvalue weighted by atomic mass is 9.92. The predicted molar refractivity (Wildman–Crippen MR) is 235 cm³/mol. The molecule has 57 heavy (non-hydrogen) atoms. The van der Waals surface area contributed by atoms with Gasteiger partial charge in [-0.15, -0.1) is 11.3 Å². The Morgan fingerprint density at radius 3 is 1.75 bits per heavy atom. The molecule has 0 saturated carbocycles. The first-order valence-electron chi connectivity index (χ1n) is 19.2.